The fourth-order valence-corrected chi connectivity index (χ4v) is 1.86. The number of amides is 1. The monoisotopic (exact) mass is 236 g/mol. The summed E-state index contributed by atoms with van der Waals surface area (Å²) in [5, 5.41) is 2.57. The number of anilines is 1. The summed E-state index contributed by atoms with van der Waals surface area (Å²) >= 11 is 0. The number of rotatable bonds is 3. The molecule has 17 heavy (non-hydrogen) atoms. The van der Waals surface area contributed by atoms with Gasteiger partial charge < -0.3 is 11.1 Å². The van der Waals surface area contributed by atoms with Gasteiger partial charge in [0, 0.05) is 0 Å². The van der Waals surface area contributed by atoms with Gasteiger partial charge in [0.05, 0.1) is 11.2 Å². The summed E-state index contributed by atoms with van der Waals surface area (Å²) in [4.78, 5) is 12.0. The van der Waals surface area contributed by atoms with Gasteiger partial charge in [-0.3, -0.25) is 4.79 Å². The maximum Gasteiger partial charge on any atom is 0.244 e. The number of nitrogens with two attached hydrogens (primary N) is 1. The smallest absolute Gasteiger partial charge is 0.244 e. The van der Waals surface area contributed by atoms with Gasteiger partial charge in [-0.1, -0.05) is 6.07 Å². The fraction of sp³-hybridized carbons (Fsp3) is 0.462. The van der Waals surface area contributed by atoms with E-state index in [1.165, 1.54) is 6.07 Å². The summed E-state index contributed by atoms with van der Waals surface area (Å²) in [6.07, 6.45) is 1.94. The van der Waals surface area contributed by atoms with Crippen LogP contribution in [0.4, 0.5) is 10.1 Å². The van der Waals surface area contributed by atoms with E-state index in [0.29, 0.717) is 0 Å². The summed E-state index contributed by atoms with van der Waals surface area (Å²) in [6.45, 7) is 3.55. The van der Waals surface area contributed by atoms with Crippen molar-refractivity contribution in [3.8, 4) is 0 Å². The molecule has 0 aromatic heterocycles. The van der Waals surface area contributed by atoms with Crippen molar-refractivity contribution in [1.82, 2.24) is 0 Å². The molecule has 0 heterocycles. The van der Waals surface area contributed by atoms with Crippen molar-refractivity contribution < 1.29 is 9.18 Å². The number of carbonyl (C=O) groups excluding carboxylic acids is 1. The number of hydrogen-bond donors (Lipinski definition) is 2. The maximum absolute atomic E-state index is 13.5. The molecule has 1 aliphatic carbocycles. The van der Waals surface area contributed by atoms with Crippen LogP contribution in [0.25, 0.3) is 0 Å². The van der Waals surface area contributed by atoms with E-state index in [0.717, 1.165) is 18.4 Å². The second-order valence-corrected chi connectivity index (χ2v) is 4.99. The van der Waals surface area contributed by atoms with Crippen LogP contribution in [0.15, 0.2) is 18.2 Å². The van der Waals surface area contributed by atoms with Crippen LogP contribution >= 0.6 is 0 Å². The normalized spacial score (nSPS) is 18.6. The van der Waals surface area contributed by atoms with Crippen LogP contribution in [0, 0.1) is 18.7 Å². The topological polar surface area (TPSA) is 55.1 Å². The molecule has 0 bridgehead atoms. The Hall–Kier alpha value is -1.42. The van der Waals surface area contributed by atoms with Crippen LogP contribution in [0.3, 0.4) is 0 Å². The summed E-state index contributed by atoms with van der Waals surface area (Å²) < 4.78 is 13.5. The van der Waals surface area contributed by atoms with Crippen molar-refractivity contribution in [3.05, 3.63) is 29.6 Å². The van der Waals surface area contributed by atoms with E-state index in [4.69, 9.17) is 5.73 Å². The molecular formula is C13H17FN2O. The molecule has 2 rings (SSSR count). The SMILES string of the molecule is Cc1ccc(F)c(NC(=O)C(C)(N)C2CC2)c1. The van der Waals surface area contributed by atoms with Crippen molar-refractivity contribution in [3.63, 3.8) is 0 Å². The lowest BCUT2D eigenvalue weighted by atomic mass is 9.96. The van der Waals surface area contributed by atoms with Gasteiger partial charge in [0.15, 0.2) is 0 Å². The Bertz CT molecular complexity index is 453. The molecule has 1 fully saturated rings. The lowest BCUT2D eigenvalue weighted by molar-refractivity contribution is -0.121. The number of carbonyl (C=O) groups is 1. The summed E-state index contributed by atoms with van der Waals surface area (Å²) in [7, 11) is 0. The minimum atomic E-state index is -0.907. The lowest BCUT2D eigenvalue weighted by Crippen LogP contribution is -2.50. The molecule has 92 valence electrons. The second kappa shape index (κ2) is 4.11. The largest absolute Gasteiger partial charge is 0.322 e. The quantitative estimate of drug-likeness (QED) is 0.845. The second-order valence-electron chi connectivity index (χ2n) is 4.99. The van der Waals surface area contributed by atoms with E-state index >= 15 is 0 Å². The third kappa shape index (κ3) is 2.47. The van der Waals surface area contributed by atoms with Crippen LogP contribution < -0.4 is 11.1 Å². The molecule has 4 heteroatoms. The molecule has 1 saturated carbocycles. The van der Waals surface area contributed by atoms with E-state index in [2.05, 4.69) is 5.32 Å². The molecule has 1 aromatic rings. The molecule has 0 saturated heterocycles. The van der Waals surface area contributed by atoms with Gasteiger partial charge in [-0.2, -0.15) is 0 Å². The highest BCUT2D eigenvalue weighted by Gasteiger charge is 2.44. The van der Waals surface area contributed by atoms with E-state index in [1.807, 2.05) is 6.92 Å². The van der Waals surface area contributed by atoms with Crippen molar-refractivity contribution in [1.29, 1.82) is 0 Å². The van der Waals surface area contributed by atoms with E-state index < -0.39 is 11.4 Å². The zero-order valence-electron chi connectivity index (χ0n) is 10.1. The zero-order chi connectivity index (χ0) is 12.6. The van der Waals surface area contributed by atoms with Gasteiger partial charge in [-0.05, 0) is 50.3 Å². The van der Waals surface area contributed by atoms with Crippen molar-refractivity contribution in [2.45, 2.75) is 32.2 Å². The Labute approximate surface area is 100 Å². The Balaban J connectivity index is 2.15. The molecule has 3 nitrogen and oxygen atoms in total. The van der Waals surface area contributed by atoms with Gasteiger partial charge in [0.25, 0.3) is 0 Å². The van der Waals surface area contributed by atoms with Crippen molar-refractivity contribution in [2.24, 2.45) is 11.7 Å². The first-order valence-corrected chi connectivity index (χ1v) is 5.77. The van der Waals surface area contributed by atoms with Gasteiger partial charge in [0.2, 0.25) is 5.91 Å². The fourth-order valence-electron chi connectivity index (χ4n) is 1.86. The molecule has 0 radical (unpaired) electrons. The third-order valence-electron chi connectivity index (χ3n) is 3.28. The average Bonchev–Trinajstić information content (AvgIpc) is 3.07. The highest BCUT2D eigenvalue weighted by atomic mass is 19.1. The van der Waals surface area contributed by atoms with Crippen molar-refractivity contribution >= 4 is 11.6 Å². The standard InChI is InChI=1S/C13H17FN2O/c1-8-3-6-10(14)11(7-8)16-12(17)13(2,15)9-4-5-9/h3,6-7,9H,4-5,15H2,1-2H3,(H,16,17). The summed E-state index contributed by atoms with van der Waals surface area (Å²) in [5.41, 5.74) is 6.16. The number of nitrogens with one attached hydrogen (secondary N) is 1. The molecule has 1 amide bonds. The predicted octanol–water partition coefficient (Wildman–Crippen LogP) is 2.20. The predicted molar refractivity (Wildman–Crippen MR) is 65.1 cm³/mol. The molecule has 3 N–H and O–H groups in total. The first kappa shape index (κ1) is 12.0. The molecule has 0 spiro atoms. The van der Waals surface area contributed by atoms with Gasteiger partial charge in [0.1, 0.15) is 5.82 Å². The van der Waals surface area contributed by atoms with Crippen LogP contribution in [0.2, 0.25) is 0 Å². The molecule has 1 unspecified atom stereocenters. The summed E-state index contributed by atoms with van der Waals surface area (Å²) in [6, 6.07) is 4.61. The number of hydrogen-bond acceptors (Lipinski definition) is 2. The van der Waals surface area contributed by atoms with E-state index in [9.17, 15) is 9.18 Å². The van der Waals surface area contributed by atoms with Gasteiger partial charge >= 0.3 is 0 Å². The lowest BCUT2D eigenvalue weighted by Gasteiger charge is -2.23. The molecule has 0 aliphatic heterocycles. The number of halogens is 1. The molecule has 1 aliphatic rings. The van der Waals surface area contributed by atoms with Crippen LogP contribution in [-0.2, 0) is 4.79 Å². The van der Waals surface area contributed by atoms with Crippen LogP contribution in [0.1, 0.15) is 25.3 Å². The molecule has 1 atom stereocenters. The molecule has 1 aromatic carbocycles. The highest BCUT2D eigenvalue weighted by molar-refractivity contribution is 5.98. The highest BCUT2D eigenvalue weighted by Crippen LogP contribution is 2.38. The number of benzene rings is 1. The zero-order valence-corrected chi connectivity index (χ0v) is 10.1. The number of aryl methyl sites for hydroxylation is 1. The van der Waals surface area contributed by atoms with Crippen LogP contribution in [-0.4, -0.2) is 11.4 Å². The Morgan fingerprint density at radius 1 is 1.53 bits per heavy atom. The Kier molecular flexibility index (Phi) is 2.91. The first-order chi connectivity index (χ1) is 7.91. The van der Waals surface area contributed by atoms with E-state index in [1.54, 1.807) is 19.1 Å². The summed E-state index contributed by atoms with van der Waals surface area (Å²) in [5.74, 6) is -0.532. The Morgan fingerprint density at radius 3 is 2.76 bits per heavy atom. The van der Waals surface area contributed by atoms with Gasteiger partial charge in [-0.25, -0.2) is 4.39 Å². The van der Waals surface area contributed by atoms with Crippen molar-refractivity contribution in [2.75, 3.05) is 5.32 Å². The minimum Gasteiger partial charge on any atom is -0.322 e. The van der Waals surface area contributed by atoms with Crippen LogP contribution in [0.5, 0.6) is 0 Å². The maximum atomic E-state index is 13.5. The first-order valence-electron chi connectivity index (χ1n) is 5.77. The minimum absolute atomic E-state index is 0.201. The van der Waals surface area contributed by atoms with E-state index in [-0.39, 0.29) is 17.5 Å². The average molecular weight is 236 g/mol. The van der Waals surface area contributed by atoms with Gasteiger partial charge in [-0.15, -0.1) is 0 Å². The Morgan fingerprint density at radius 2 is 2.18 bits per heavy atom. The third-order valence-corrected chi connectivity index (χ3v) is 3.28. The molecular weight excluding hydrogens is 219 g/mol.